The Morgan fingerprint density at radius 3 is 2.82 bits per heavy atom. The van der Waals surface area contributed by atoms with Crippen LogP contribution in [0.2, 0.25) is 0 Å². The van der Waals surface area contributed by atoms with E-state index in [1.54, 1.807) is 23.1 Å². The molecule has 0 spiro atoms. The zero-order valence-electron chi connectivity index (χ0n) is 18.0. The highest BCUT2D eigenvalue weighted by Crippen LogP contribution is 2.42. The van der Waals surface area contributed by atoms with Gasteiger partial charge in [0.1, 0.15) is 15.7 Å². The molecule has 5 heterocycles. The summed E-state index contributed by atoms with van der Waals surface area (Å²) in [4.78, 5) is 16.1. The van der Waals surface area contributed by atoms with Crippen molar-refractivity contribution in [3.63, 3.8) is 0 Å². The second-order valence-electron chi connectivity index (χ2n) is 8.50. The van der Waals surface area contributed by atoms with Crippen LogP contribution < -0.4 is 0 Å². The summed E-state index contributed by atoms with van der Waals surface area (Å²) in [6, 6.07) is 8.42. The second-order valence-corrected chi connectivity index (χ2v) is 11.5. The first-order chi connectivity index (χ1) is 16.3. The number of rotatable bonds is 4. The van der Waals surface area contributed by atoms with Crippen LogP contribution in [0.1, 0.15) is 29.1 Å². The number of ether oxygens (including phenoxy) is 1. The number of hydrogen-bond acceptors (Lipinski definition) is 9. The molecule has 1 aliphatic carbocycles. The maximum absolute atomic E-state index is 5.52. The van der Waals surface area contributed by atoms with Gasteiger partial charge in [-0.1, -0.05) is 23.5 Å². The van der Waals surface area contributed by atoms with E-state index in [4.69, 9.17) is 14.7 Å². The first-order valence-corrected chi connectivity index (χ1v) is 13.8. The standard InChI is InChI=1S/C23H22N6OS3/c1-3-7-16-14(5-1)19-20(31-16)24-18(13-28-9-11-30-12-10-28)25-21(19)33-23-27-26-22-29(23)15-6-2-4-8-17(15)32-22/h2,4,6,8H,1,3,5,7,9-13H2. The van der Waals surface area contributed by atoms with Crippen molar-refractivity contribution in [3.05, 3.63) is 40.5 Å². The number of aromatic nitrogens is 5. The Morgan fingerprint density at radius 1 is 1.00 bits per heavy atom. The number of para-hydroxylation sites is 1. The highest BCUT2D eigenvalue weighted by molar-refractivity contribution is 7.99. The van der Waals surface area contributed by atoms with E-state index in [-0.39, 0.29) is 0 Å². The van der Waals surface area contributed by atoms with E-state index in [1.165, 1.54) is 33.4 Å². The molecule has 0 saturated carbocycles. The van der Waals surface area contributed by atoms with Crippen LogP contribution in [0.3, 0.4) is 0 Å². The molecule has 0 N–H and O–H groups in total. The number of aryl methyl sites for hydroxylation is 2. The Hall–Kier alpha value is -2.11. The highest BCUT2D eigenvalue weighted by Gasteiger charge is 2.24. The molecule has 0 bridgehead atoms. The lowest BCUT2D eigenvalue weighted by molar-refractivity contribution is 0.0330. The first kappa shape index (κ1) is 20.3. The van der Waals surface area contributed by atoms with Crippen molar-refractivity contribution in [1.29, 1.82) is 0 Å². The van der Waals surface area contributed by atoms with Gasteiger partial charge in [0.15, 0.2) is 0 Å². The van der Waals surface area contributed by atoms with Crippen LogP contribution in [0, 0.1) is 0 Å². The van der Waals surface area contributed by atoms with Gasteiger partial charge >= 0.3 is 0 Å². The van der Waals surface area contributed by atoms with E-state index in [0.717, 1.165) is 77.0 Å². The van der Waals surface area contributed by atoms with Gasteiger partial charge in [-0.25, -0.2) is 9.97 Å². The van der Waals surface area contributed by atoms with Gasteiger partial charge in [-0.15, -0.1) is 21.5 Å². The maximum atomic E-state index is 5.52. The molecule has 10 heteroatoms. The topological polar surface area (TPSA) is 68.4 Å². The van der Waals surface area contributed by atoms with Crippen molar-refractivity contribution in [2.75, 3.05) is 26.3 Å². The second kappa shape index (κ2) is 8.28. The summed E-state index contributed by atoms with van der Waals surface area (Å²) in [7, 11) is 0. The Morgan fingerprint density at radius 2 is 1.88 bits per heavy atom. The molecule has 5 aromatic rings. The molecule has 33 heavy (non-hydrogen) atoms. The highest BCUT2D eigenvalue weighted by atomic mass is 32.2. The summed E-state index contributed by atoms with van der Waals surface area (Å²) < 4.78 is 8.91. The lowest BCUT2D eigenvalue weighted by Gasteiger charge is -2.25. The van der Waals surface area contributed by atoms with Gasteiger partial charge in [0.25, 0.3) is 0 Å². The quantitative estimate of drug-likeness (QED) is 0.332. The smallest absolute Gasteiger partial charge is 0.217 e. The monoisotopic (exact) mass is 494 g/mol. The van der Waals surface area contributed by atoms with Crippen molar-refractivity contribution in [3.8, 4) is 0 Å². The van der Waals surface area contributed by atoms with Gasteiger partial charge in [-0.2, -0.15) is 0 Å². The minimum Gasteiger partial charge on any atom is -0.379 e. The lowest BCUT2D eigenvalue weighted by Crippen LogP contribution is -2.36. The average Bonchev–Trinajstić information content (AvgIpc) is 3.52. The fourth-order valence-electron chi connectivity index (χ4n) is 4.78. The molecule has 0 atom stereocenters. The summed E-state index contributed by atoms with van der Waals surface area (Å²) >= 11 is 5.17. The number of benzene rings is 1. The van der Waals surface area contributed by atoms with Crippen molar-refractivity contribution in [1.82, 2.24) is 29.5 Å². The summed E-state index contributed by atoms with van der Waals surface area (Å²) in [6.45, 7) is 4.17. The molecule has 168 valence electrons. The van der Waals surface area contributed by atoms with Crippen LogP contribution in [0.5, 0.6) is 0 Å². The molecule has 1 aliphatic heterocycles. The van der Waals surface area contributed by atoms with Gasteiger partial charge < -0.3 is 4.74 Å². The van der Waals surface area contributed by atoms with Crippen molar-refractivity contribution >= 4 is 59.8 Å². The largest absolute Gasteiger partial charge is 0.379 e. The molecule has 0 unspecified atom stereocenters. The molecule has 1 fully saturated rings. The van der Waals surface area contributed by atoms with E-state index in [1.807, 2.05) is 11.3 Å². The number of fused-ring (bicyclic) bond motifs is 6. The van der Waals surface area contributed by atoms with Crippen molar-refractivity contribution in [2.45, 2.75) is 42.4 Å². The number of morpholine rings is 1. The fraction of sp³-hybridized carbons (Fsp3) is 0.391. The summed E-state index contributed by atoms with van der Waals surface area (Å²) in [5.74, 6) is 0.890. The number of thiophene rings is 1. The van der Waals surface area contributed by atoms with E-state index in [9.17, 15) is 0 Å². The molecular weight excluding hydrogens is 472 g/mol. The van der Waals surface area contributed by atoms with Crippen molar-refractivity contribution in [2.24, 2.45) is 0 Å². The van der Waals surface area contributed by atoms with Gasteiger partial charge in [0.2, 0.25) is 10.1 Å². The van der Waals surface area contributed by atoms with Crippen molar-refractivity contribution < 1.29 is 4.74 Å². The van der Waals surface area contributed by atoms with Crippen LogP contribution in [-0.4, -0.2) is 55.8 Å². The van der Waals surface area contributed by atoms with E-state index >= 15 is 0 Å². The predicted octanol–water partition coefficient (Wildman–Crippen LogP) is 4.81. The molecular formula is C23H22N6OS3. The summed E-state index contributed by atoms with van der Waals surface area (Å²) in [5.41, 5.74) is 2.61. The van der Waals surface area contributed by atoms with E-state index in [0.29, 0.717) is 0 Å². The van der Waals surface area contributed by atoms with Crippen LogP contribution in [0.15, 0.2) is 34.4 Å². The first-order valence-electron chi connectivity index (χ1n) is 11.4. The Bertz CT molecular complexity index is 1480. The zero-order chi connectivity index (χ0) is 21.8. The molecule has 1 saturated heterocycles. The predicted molar refractivity (Wildman–Crippen MR) is 133 cm³/mol. The fourth-order valence-corrected chi connectivity index (χ4v) is 8.15. The Kier molecular flexibility index (Phi) is 5.09. The minimum atomic E-state index is 0.756. The number of nitrogens with zero attached hydrogens (tertiary/aromatic N) is 6. The summed E-state index contributed by atoms with van der Waals surface area (Å²) in [5, 5.41) is 12.2. The minimum absolute atomic E-state index is 0.756. The molecule has 0 amide bonds. The number of thiazole rings is 1. The maximum Gasteiger partial charge on any atom is 0.217 e. The molecule has 1 aromatic carbocycles. The molecule has 4 aromatic heterocycles. The van der Waals surface area contributed by atoms with Gasteiger partial charge in [-0.05, 0) is 55.1 Å². The lowest BCUT2D eigenvalue weighted by atomic mass is 9.97. The average molecular weight is 495 g/mol. The molecule has 2 aliphatic rings. The van der Waals surface area contributed by atoms with Crippen LogP contribution in [0.25, 0.3) is 25.4 Å². The molecule has 7 nitrogen and oxygen atoms in total. The van der Waals surface area contributed by atoms with Crippen LogP contribution in [-0.2, 0) is 24.1 Å². The zero-order valence-corrected chi connectivity index (χ0v) is 20.4. The Balaban J connectivity index is 1.36. The normalized spacial score (nSPS) is 17.3. The van der Waals surface area contributed by atoms with Gasteiger partial charge in [0.05, 0.1) is 30.0 Å². The number of hydrogen-bond donors (Lipinski definition) is 0. The third-order valence-corrected chi connectivity index (χ3v) is 9.53. The van der Waals surface area contributed by atoms with E-state index in [2.05, 4.69) is 43.8 Å². The van der Waals surface area contributed by atoms with Crippen LogP contribution >= 0.6 is 34.4 Å². The third kappa shape index (κ3) is 3.55. The third-order valence-electron chi connectivity index (χ3n) is 6.40. The van der Waals surface area contributed by atoms with E-state index < -0.39 is 0 Å². The molecule has 0 radical (unpaired) electrons. The van der Waals surface area contributed by atoms with Gasteiger partial charge in [-0.3, -0.25) is 9.30 Å². The SMILES string of the molecule is c1ccc2c(c1)sc1nnc(Sc3nc(CN4CCOCC4)nc4sc5c(c34)CCCC5)n12. The van der Waals surface area contributed by atoms with Crippen LogP contribution in [0.4, 0.5) is 0 Å². The van der Waals surface area contributed by atoms with Gasteiger partial charge in [0, 0.05) is 23.4 Å². The molecule has 7 rings (SSSR count). The Labute approximate surface area is 202 Å². The summed E-state index contributed by atoms with van der Waals surface area (Å²) in [6.07, 6.45) is 4.78.